The quantitative estimate of drug-likeness (QED) is 0.496. The van der Waals surface area contributed by atoms with Gasteiger partial charge in [0.15, 0.2) is 0 Å². The molecule has 9 heavy (non-hydrogen) atoms. The molecule has 0 N–H and O–H groups in total. The summed E-state index contributed by atoms with van der Waals surface area (Å²) in [5, 5.41) is 0. The summed E-state index contributed by atoms with van der Waals surface area (Å²) in [6, 6.07) is 0. The summed E-state index contributed by atoms with van der Waals surface area (Å²) in [5.41, 5.74) is 0. The van der Waals surface area contributed by atoms with Crippen molar-refractivity contribution >= 4 is 0 Å². The van der Waals surface area contributed by atoms with Crippen LogP contribution in [-0.4, -0.2) is 0 Å². The molecule has 0 aromatic rings. The summed E-state index contributed by atoms with van der Waals surface area (Å²) in [5.74, 6) is 0.935. The first-order chi connectivity index (χ1) is 4.43. The van der Waals surface area contributed by atoms with Crippen LogP contribution in [0.2, 0.25) is 0 Å². The van der Waals surface area contributed by atoms with Crippen LogP contribution < -0.4 is 0 Å². The van der Waals surface area contributed by atoms with Gasteiger partial charge in [0.05, 0.1) is 0 Å². The highest BCUT2D eigenvalue weighted by molar-refractivity contribution is 4.89. The maximum absolute atomic E-state index is 2.40. The molecule has 0 radical (unpaired) electrons. The maximum Gasteiger partial charge on any atom is -0.0234 e. The summed E-state index contributed by atoms with van der Waals surface area (Å²) >= 11 is 0. The smallest absolute Gasteiger partial charge is 0.0234 e. The van der Waals surface area contributed by atoms with Crippen molar-refractivity contribution in [3.8, 4) is 0 Å². The normalized spacial score (nSPS) is 21.9. The van der Waals surface area contributed by atoms with Crippen molar-refractivity contribution in [2.45, 2.75) is 39.0 Å². The predicted molar refractivity (Wildman–Crippen MR) is 41.4 cm³/mol. The Bertz CT molecular complexity index is 86.2. The van der Waals surface area contributed by atoms with E-state index in [9.17, 15) is 0 Å². The van der Waals surface area contributed by atoms with E-state index in [1.807, 2.05) is 0 Å². The molecule has 1 rings (SSSR count). The van der Waals surface area contributed by atoms with Crippen molar-refractivity contribution < 1.29 is 0 Å². The molecule has 0 heteroatoms. The Morgan fingerprint density at radius 2 is 2.00 bits per heavy atom. The second kappa shape index (κ2) is 3.71. The monoisotopic (exact) mass is 124 g/mol. The summed E-state index contributed by atoms with van der Waals surface area (Å²) in [7, 11) is 0. The zero-order valence-corrected chi connectivity index (χ0v) is 6.27. The summed E-state index contributed by atoms with van der Waals surface area (Å²) < 4.78 is 0. The van der Waals surface area contributed by atoms with Crippen LogP contribution in [0.1, 0.15) is 39.0 Å². The Morgan fingerprint density at radius 3 is 2.56 bits per heavy atom. The molecule has 0 heterocycles. The van der Waals surface area contributed by atoms with Crippen molar-refractivity contribution in [1.82, 2.24) is 0 Å². The van der Waals surface area contributed by atoms with E-state index < -0.39 is 0 Å². The number of hydrogen-bond donors (Lipinski definition) is 0. The minimum absolute atomic E-state index is 0.935. The fourth-order valence-corrected chi connectivity index (χ4v) is 1.48. The van der Waals surface area contributed by atoms with E-state index in [4.69, 9.17) is 0 Å². The largest absolute Gasteiger partial charge is 0.0885 e. The van der Waals surface area contributed by atoms with Gasteiger partial charge in [-0.25, -0.2) is 0 Å². The second-order valence-electron chi connectivity index (χ2n) is 2.88. The van der Waals surface area contributed by atoms with Gasteiger partial charge in [0.1, 0.15) is 0 Å². The highest BCUT2D eigenvalue weighted by Gasteiger charge is 2.10. The highest BCUT2D eigenvalue weighted by atomic mass is 14.2. The van der Waals surface area contributed by atoms with E-state index >= 15 is 0 Å². The maximum atomic E-state index is 2.40. The first kappa shape index (κ1) is 6.85. The van der Waals surface area contributed by atoms with Crippen LogP contribution >= 0.6 is 0 Å². The van der Waals surface area contributed by atoms with Gasteiger partial charge in [-0.15, -0.1) is 0 Å². The first-order valence-corrected chi connectivity index (χ1v) is 4.10. The first-order valence-electron chi connectivity index (χ1n) is 4.10. The van der Waals surface area contributed by atoms with Gasteiger partial charge in [-0.05, 0) is 25.2 Å². The average molecular weight is 124 g/mol. The fraction of sp³-hybridized carbons (Fsp3) is 0.778. The van der Waals surface area contributed by atoms with Crippen molar-refractivity contribution in [3.63, 3.8) is 0 Å². The van der Waals surface area contributed by atoms with Crippen LogP contribution in [0, 0.1) is 5.92 Å². The Kier molecular flexibility index (Phi) is 2.82. The van der Waals surface area contributed by atoms with Gasteiger partial charge < -0.3 is 0 Å². The lowest BCUT2D eigenvalue weighted by Crippen LogP contribution is -1.84. The molecular formula is C9H16. The Labute approximate surface area is 58.0 Å². The van der Waals surface area contributed by atoms with Gasteiger partial charge >= 0.3 is 0 Å². The van der Waals surface area contributed by atoms with Crippen LogP contribution in [0.25, 0.3) is 0 Å². The molecular weight excluding hydrogens is 108 g/mol. The molecule has 52 valence electrons. The lowest BCUT2D eigenvalue weighted by molar-refractivity contribution is 0.683. The summed E-state index contributed by atoms with van der Waals surface area (Å²) in [6.07, 6.45) is 11.7. The molecule has 1 fully saturated rings. The van der Waals surface area contributed by atoms with Crippen LogP contribution in [0.15, 0.2) is 12.2 Å². The molecule has 0 spiro atoms. The molecule has 0 unspecified atom stereocenters. The average Bonchev–Trinajstić information content (AvgIpc) is 2.34. The zero-order valence-electron chi connectivity index (χ0n) is 6.27. The third-order valence-corrected chi connectivity index (χ3v) is 2.04. The standard InChI is InChI=1S/C9H16/c1-2-3-6-9-7-4-5-8-9/h3,6,9H,2,4-5,7-8H2,1H3. The van der Waals surface area contributed by atoms with E-state index in [0.29, 0.717) is 0 Å². The Hall–Kier alpha value is -0.260. The summed E-state index contributed by atoms with van der Waals surface area (Å²) in [6.45, 7) is 2.20. The Balaban J connectivity index is 2.18. The SMILES string of the molecule is CCC=CC1CCCC1. The van der Waals surface area contributed by atoms with E-state index in [-0.39, 0.29) is 0 Å². The molecule has 1 aliphatic carbocycles. The second-order valence-corrected chi connectivity index (χ2v) is 2.88. The van der Waals surface area contributed by atoms with Crippen LogP contribution in [0.4, 0.5) is 0 Å². The van der Waals surface area contributed by atoms with E-state index in [1.165, 1.54) is 32.1 Å². The number of hydrogen-bond acceptors (Lipinski definition) is 0. The molecule has 1 saturated carbocycles. The lowest BCUT2D eigenvalue weighted by Gasteiger charge is -1.97. The molecule has 0 aromatic carbocycles. The van der Waals surface area contributed by atoms with Crippen molar-refractivity contribution in [2.75, 3.05) is 0 Å². The highest BCUT2D eigenvalue weighted by Crippen LogP contribution is 2.25. The van der Waals surface area contributed by atoms with Gasteiger partial charge in [0, 0.05) is 0 Å². The lowest BCUT2D eigenvalue weighted by atomic mass is 10.1. The fourth-order valence-electron chi connectivity index (χ4n) is 1.48. The molecule has 0 saturated heterocycles. The van der Waals surface area contributed by atoms with Gasteiger partial charge in [-0.3, -0.25) is 0 Å². The molecule has 1 aliphatic rings. The molecule has 0 atom stereocenters. The minimum Gasteiger partial charge on any atom is -0.0885 e. The minimum atomic E-state index is 0.935. The van der Waals surface area contributed by atoms with Gasteiger partial charge in [-0.2, -0.15) is 0 Å². The van der Waals surface area contributed by atoms with E-state index in [0.717, 1.165) is 5.92 Å². The molecule has 0 aromatic heterocycles. The third kappa shape index (κ3) is 2.21. The van der Waals surface area contributed by atoms with Crippen molar-refractivity contribution in [2.24, 2.45) is 5.92 Å². The Morgan fingerprint density at radius 1 is 1.33 bits per heavy atom. The third-order valence-electron chi connectivity index (χ3n) is 2.04. The molecule has 0 aliphatic heterocycles. The number of rotatable bonds is 2. The van der Waals surface area contributed by atoms with Crippen LogP contribution in [-0.2, 0) is 0 Å². The molecule has 0 bridgehead atoms. The predicted octanol–water partition coefficient (Wildman–Crippen LogP) is 3.14. The van der Waals surface area contributed by atoms with Crippen molar-refractivity contribution in [3.05, 3.63) is 12.2 Å². The van der Waals surface area contributed by atoms with Crippen LogP contribution in [0.3, 0.4) is 0 Å². The van der Waals surface area contributed by atoms with Gasteiger partial charge in [0.25, 0.3) is 0 Å². The number of allylic oxidation sites excluding steroid dienone is 2. The van der Waals surface area contributed by atoms with Gasteiger partial charge in [0.2, 0.25) is 0 Å². The van der Waals surface area contributed by atoms with Gasteiger partial charge in [-0.1, -0.05) is 31.9 Å². The topological polar surface area (TPSA) is 0 Å². The van der Waals surface area contributed by atoms with E-state index in [2.05, 4.69) is 19.1 Å². The van der Waals surface area contributed by atoms with E-state index in [1.54, 1.807) is 0 Å². The molecule has 0 nitrogen and oxygen atoms in total. The van der Waals surface area contributed by atoms with Crippen molar-refractivity contribution in [1.29, 1.82) is 0 Å². The summed E-state index contributed by atoms with van der Waals surface area (Å²) in [4.78, 5) is 0. The molecule has 0 amide bonds. The zero-order chi connectivity index (χ0) is 6.53. The van der Waals surface area contributed by atoms with Crippen LogP contribution in [0.5, 0.6) is 0 Å².